The van der Waals surface area contributed by atoms with E-state index in [2.05, 4.69) is 5.10 Å². The zero-order chi connectivity index (χ0) is 6.85. The van der Waals surface area contributed by atoms with Crippen molar-refractivity contribution < 1.29 is 4.79 Å². The molecule has 0 aromatic carbocycles. The first kappa shape index (κ1) is 5.81. The van der Waals surface area contributed by atoms with Crippen LogP contribution in [0.3, 0.4) is 0 Å². The Bertz CT molecular complexity index is 228. The number of aryl methyl sites for hydroxylation is 1. The van der Waals surface area contributed by atoms with Gasteiger partial charge in [0, 0.05) is 13.2 Å². The Morgan fingerprint density at radius 2 is 2.56 bits per heavy atom. The van der Waals surface area contributed by atoms with Crippen LogP contribution < -0.4 is 5.73 Å². The number of nitrogens with zero attached hydrogens (tertiary/aromatic N) is 2. The highest BCUT2D eigenvalue weighted by atomic mass is 16.1. The minimum absolute atomic E-state index is 0.442. The van der Waals surface area contributed by atoms with E-state index in [9.17, 15) is 4.79 Å². The largest absolute Gasteiger partial charge is 0.366 e. The molecule has 1 heterocycles. The van der Waals surface area contributed by atoms with Gasteiger partial charge in [-0.2, -0.15) is 5.10 Å². The maximum Gasteiger partial charge on any atom is 0.251 e. The summed E-state index contributed by atoms with van der Waals surface area (Å²) in [5.74, 6) is -0.442. The molecule has 0 aliphatic heterocycles. The van der Waals surface area contributed by atoms with Gasteiger partial charge in [0.15, 0.2) is 0 Å². The lowest BCUT2D eigenvalue weighted by molar-refractivity contribution is 0.1000. The van der Waals surface area contributed by atoms with Gasteiger partial charge < -0.3 is 5.73 Å². The van der Waals surface area contributed by atoms with Gasteiger partial charge in [-0.15, -0.1) is 0 Å². The van der Waals surface area contributed by atoms with Crippen LogP contribution in [0.15, 0.2) is 12.4 Å². The van der Waals surface area contributed by atoms with E-state index in [1.54, 1.807) is 13.2 Å². The standard InChI is InChI=1S/C5H7N3O/c1-8-3-4(2-7-8)5(6)9/h2-3H,1H3,(H2,6,9). The molecule has 0 bridgehead atoms. The minimum Gasteiger partial charge on any atom is -0.366 e. The molecule has 48 valence electrons. The lowest BCUT2D eigenvalue weighted by atomic mass is 10.4. The summed E-state index contributed by atoms with van der Waals surface area (Å²) in [6.45, 7) is 0. The van der Waals surface area contributed by atoms with Gasteiger partial charge in [-0.25, -0.2) is 0 Å². The fourth-order valence-electron chi connectivity index (χ4n) is 0.548. The van der Waals surface area contributed by atoms with E-state index in [-0.39, 0.29) is 0 Å². The summed E-state index contributed by atoms with van der Waals surface area (Å²) in [6, 6.07) is 0. The quantitative estimate of drug-likeness (QED) is 0.551. The van der Waals surface area contributed by atoms with Gasteiger partial charge >= 0.3 is 0 Å². The number of carbonyl (C=O) groups excluding carboxylic acids is 1. The zero-order valence-corrected chi connectivity index (χ0v) is 5.03. The van der Waals surface area contributed by atoms with E-state index in [0.29, 0.717) is 5.56 Å². The molecule has 0 atom stereocenters. The third kappa shape index (κ3) is 1.07. The molecule has 1 amide bonds. The summed E-state index contributed by atoms with van der Waals surface area (Å²) in [5.41, 5.74) is 5.38. The summed E-state index contributed by atoms with van der Waals surface area (Å²) in [5, 5.41) is 3.75. The Kier molecular flexibility index (Phi) is 1.22. The molecule has 9 heavy (non-hydrogen) atoms. The van der Waals surface area contributed by atoms with Gasteiger partial charge in [0.25, 0.3) is 5.91 Å². The Morgan fingerprint density at radius 1 is 1.89 bits per heavy atom. The minimum atomic E-state index is -0.442. The predicted molar refractivity (Wildman–Crippen MR) is 31.7 cm³/mol. The second-order valence-corrected chi connectivity index (χ2v) is 1.77. The molecule has 2 N–H and O–H groups in total. The number of hydrogen-bond acceptors (Lipinski definition) is 2. The van der Waals surface area contributed by atoms with E-state index in [1.165, 1.54) is 10.9 Å². The lowest BCUT2D eigenvalue weighted by Crippen LogP contribution is -2.09. The van der Waals surface area contributed by atoms with Gasteiger partial charge in [0.05, 0.1) is 11.8 Å². The van der Waals surface area contributed by atoms with Crippen LogP contribution in [0.2, 0.25) is 0 Å². The van der Waals surface area contributed by atoms with Gasteiger partial charge in [-0.05, 0) is 0 Å². The van der Waals surface area contributed by atoms with Crippen LogP contribution in [0.4, 0.5) is 0 Å². The highest BCUT2D eigenvalue weighted by molar-refractivity contribution is 5.92. The fourth-order valence-corrected chi connectivity index (χ4v) is 0.548. The highest BCUT2D eigenvalue weighted by Gasteiger charge is 1.99. The lowest BCUT2D eigenvalue weighted by Gasteiger charge is -1.82. The van der Waals surface area contributed by atoms with Crippen molar-refractivity contribution in [3.63, 3.8) is 0 Å². The van der Waals surface area contributed by atoms with Gasteiger partial charge in [-0.3, -0.25) is 9.48 Å². The highest BCUT2D eigenvalue weighted by Crippen LogP contribution is 1.91. The molecule has 0 spiro atoms. The van der Waals surface area contributed by atoms with E-state index < -0.39 is 5.91 Å². The topological polar surface area (TPSA) is 60.9 Å². The number of amides is 1. The number of rotatable bonds is 1. The summed E-state index contributed by atoms with van der Waals surface area (Å²) >= 11 is 0. The maximum absolute atomic E-state index is 10.4. The van der Waals surface area contributed by atoms with Crippen LogP contribution in [0, 0.1) is 0 Å². The average molecular weight is 125 g/mol. The van der Waals surface area contributed by atoms with Crippen molar-refractivity contribution in [2.24, 2.45) is 12.8 Å². The van der Waals surface area contributed by atoms with Crippen molar-refractivity contribution in [1.29, 1.82) is 0 Å². The first-order valence-electron chi connectivity index (χ1n) is 2.48. The van der Waals surface area contributed by atoms with E-state index in [0.717, 1.165) is 0 Å². The maximum atomic E-state index is 10.4. The number of aromatic nitrogens is 2. The van der Waals surface area contributed by atoms with Crippen molar-refractivity contribution in [2.45, 2.75) is 0 Å². The van der Waals surface area contributed by atoms with Crippen molar-refractivity contribution in [1.82, 2.24) is 9.78 Å². The molecule has 1 aromatic rings. The first-order chi connectivity index (χ1) is 4.20. The summed E-state index contributed by atoms with van der Waals surface area (Å²) in [4.78, 5) is 10.4. The molecular formula is C5H7N3O. The third-order valence-electron chi connectivity index (χ3n) is 0.989. The van der Waals surface area contributed by atoms with Gasteiger partial charge in [0.2, 0.25) is 0 Å². The van der Waals surface area contributed by atoms with E-state index in [4.69, 9.17) is 5.73 Å². The molecule has 4 nitrogen and oxygen atoms in total. The summed E-state index contributed by atoms with van der Waals surface area (Å²) in [6.07, 6.45) is 3.00. The second kappa shape index (κ2) is 1.89. The van der Waals surface area contributed by atoms with Crippen LogP contribution in [0.25, 0.3) is 0 Å². The monoisotopic (exact) mass is 125 g/mol. The second-order valence-electron chi connectivity index (χ2n) is 1.77. The third-order valence-corrected chi connectivity index (χ3v) is 0.989. The molecule has 0 radical (unpaired) electrons. The SMILES string of the molecule is Cn1cc(C(N)=O)cn1. The van der Waals surface area contributed by atoms with E-state index >= 15 is 0 Å². The summed E-state index contributed by atoms with van der Waals surface area (Å²) in [7, 11) is 1.73. The molecular weight excluding hydrogens is 118 g/mol. The Labute approximate surface area is 52.3 Å². The Balaban J connectivity index is 2.98. The van der Waals surface area contributed by atoms with Gasteiger partial charge in [0.1, 0.15) is 0 Å². The van der Waals surface area contributed by atoms with Crippen molar-refractivity contribution in [2.75, 3.05) is 0 Å². The normalized spacial score (nSPS) is 9.44. The molecule has 0 saturated carbocycles. The van der Waals surface area contributed by atoms with Crippen LogP contribution in [-0.2, 0) is 7.05 Å². The Morgan fingerprint density at radius 3 is 2.78 bits per heavy atom. The molecule has 0 aliphatic rings. The number of nitrogens with two attached hydrogens (primary N) is 1. The molecule has 0 fully saturated rings. The molecule has 4 heteroatoms. The summed E-state index contributed by atoms with van der Waals surface area (Å²) < 4.78 is 1.53. The first-order valence-corrected chi connectivity index (χ1v) is 2.48. The van der Waals surface area contributed by atoms with Crippen LogP contribution in [-0.4, -0.2) is 15.7 Å². The smallest absolute Gasteiger partial charge is 0.251 e. The zero-order valence-electron chi connectivity index (χ0n) is 5.03. The van der Waals surface area contributed by atoms with Crippen molar-refractivity contribution in [3.05, 3.63) is 18.0 Å². The molecule has 0 saturated heterocycles. The Hall–Kier alpha value is -1.32. The van der Waals surface area contributed by atoms with Crippen LogP contribution >= 0.6 is 0 Å². The van der Waals surface area contributed by atoms with E-state index in [1.807, 2.05) is 0 Å². The molecule has 1 aromatic heterocycles. The number of carbonyl (C=O) groups is 1. The van der Waals surface area contributed by atoms with Crippen molar-refractivity contribution in [3.8, 4) is 0 Å². The van der Waals surface area contributed by atoms with Crippen LogP contribution in [0.1, 0.15) is 10.4 Å². The average Bonchev–Trinajstić information content (AvgIpc) is 2.14. The fraction of sp³-hybridized carbons (Fsp3) is 0.200. The number of hydrogen-bond donors (Lipinski definition) is 1. The van der Waals surface area contributed by atoms with Crippen LogP contribution in [0.5, 0.6) is 0 Å². The van der Waals surface area contributed by atoms with Crippen molar-refractivity contribution >= 4 is 5.91 Å². The number of primary amides is 1. The predicted octanol–water partition coefficient (Wildman–Crippen LogP) is -0.481. The molecule has 0 unspecified atom stereocenters. The van der Waals surface area contributed by atoms with Gasteiger partial charge in [-0.1, -0.05) is 0 Å². The molecule has 0 aliphatic carbocycles. The molecule has 1 rings (SSSR count).